The van der Waals surface area contributed by atoms with Gasteiger partial charge in [-0.25, -0.2) is 0 Å². The lowest BCUT2D eigenvalue weighted by molar-refractivity contribution is 0.0862. The third-order valence-electron chi connectivity index (χ3n) is 3.10. The van der Waals surface area contributed by atoms with Gasteiger partial charge in [0.2, 0.25) is 5.78 Å². The zero-order chi connectivity index (χ0) is 11.4. The second-order valence-corrected chi connectivity index (χ2v) is 4.38. The van der Waals surface area contributed by atoms with Crippen LogP contribution in [0.4, 0.5) is 0 Å². The Morgan fingerprint density at radius 1 is 1.59 bits per heavy atom. The van der Waals surface area contributed by atoms with Gasteiger partial charge in [-0.2, -0.15) is 0 Å². The van der Waals surface area contributed by atoms with E-state index < -0.39 is 0 Å². The normalized spacial score (nSPS) is 20.9. The van der Waals surface area contributed by atoms with E-state index in [2.05, 4.69) is 4.90 Å². The largest absolute Gasteiger partial charge is 0.461 e. The summed E-state index contributed by atoms with van der Waals surface area (Å²) in [5, 5.41) is 0. The molecule has 5 heteroatoms. The minimum Gasteiger partial charge on any atom is -0.461 e. The van der Waals surface area contributed by atoms with E-state index in [1.807, 2.05) is 0 Å². The van der Waals surface area contributed by atoms with Crippen molar-refractivity contribution in [1.82, 2.24) is 4.90 Å². The molecular formula is C12H19ClN2O2. The summed E-state index contributed by atoms with van der Waals surface area (Å²) in [6, 6.07) is 3.46. The summed E-state index contributed by atoms with van der Waals surface area (Å²) in [6.45, 7) is 3.08. The minimum atomic E-state index is 0. The van der Waals surface area contributed by atoms with Gasteiger partial charge in [0.1, 0.15) is 0 Å². The Hall–Kier alpha value is -0.840. The van der Waals surface area contributed by atoms with Crippen LogP contribution in [0.25, 0.3) is 0 Å². The van der Waals surface area contributed by atoms with Gasteiger partial charge in [0.15, 0.2) is 5.76 Å². The number of halogens is 1. The number of piperidine rings is 1. The second kappa shape index (κ2) is 6.79. The van der Waals surface area contributed by atoms with Crippen LogP contribution in [0.1, 0.15) is 23.4 Å². The van der Waals surface area contributed by atoms with E-state index in [1.54, 1.807) is 12.1 Å². The lowest BCUT2D eigenvalue weighted by atomic mass is 9.98. The molecule has 0 radical (unpaired) electrons. The van der Waals surface area contributed by atoms with Crippen LogP contribution in [-0.2, 0) is 0 Å². The molecular weight excluding hydrogens is 240 g/mol. The second-order valence-electron chi connectivity index (χ2n) is 4.38. The number of hydrogen-bond donors (Lipinski definition) is 1. The zero-order valence-electron chi connectivity index (χ0n) is 9.80. The van der Waals surface area contributed by atoms with E-state index in [1.165, 1.54) is 12.7 Å². The van der Waals surface area contributed by atoms with Crippen LogP contribution in [0.3, 0.4) is 0 Å². The molecule has 0 aromatic carbocycles. The smallest absolute Gasteiger partial charge is 0.211 e. The van der Waals surface area contributed by atoms with E-state index in [0.29, 0.717) is 24.8 Å². The summed E-state index contributed by atoms with van der Waals surface area (Å²) >= 11 is 0. The Morgan fingerprint density at radius 3 is 3.06 bits per heavy atom. The number of carbonyl (C=O) groups is 1. The zero-order valence-corrected chi connectivity index (χ0v) is 10.6. The number of nitrogens with two attached hydrogens (primary N) is 1. The first-order valence-corrected chi connectivity index (χ1v) is 5.78. The predicted octanol–water partition coefficient (Wildman–Crippen LogP) is 1.55. The highest BCUT2D eigenvalue weighted by atomic mass is 35.5. The maximum absolute atomic E-state index is 11.8. The lowest BCUT2D eigenvalue weighted by Crippen LogP contribution is -2.40. The van der Waals surface area contributed by atoms with Crippen LogP contribution in [0.2, 0.25) is 0 Å². The molecule has 4 nitrogen and oxygen atoms in total. The first-order chi connectivity index (χ1) is 7.79. The van der Waals surface area contributed by atoms with Crippen molar-refractivity contribution in [1.29, 1.82) is 0 Å². The van der Waals surface area contributed by atoms with Gasteiger partial charge in [-0.1, -0.05) is 0 Å². The average Bonchev–Trinajstić information content (AvgIpc) is 2.83. The highest BCUT2D eigenvalue weighted by Crippen LogP contribution is 2.15. The molecule has 2 rings (SSSR count). The molecule has 0 saturated carbocycles. The fourth-order valence-electron chi connectivity index (χ4n) is 2.21. The first kappa shape index (κ1) is 14.2. The Morgan fingerprint density at radius 2 is 2.41 bits per heavy atom. The molecule has 1 unspecified atom stereocenters. The van der Waals surface area contributed by atoms with Crippen LogP contribution in [0, 0.1) is 5.92 Å². The molecule has 1 saturated heterocycles. The molecule has 1 aromatic heterocycles. The molecule has 0 spiro atoms. The van der Waals surface area contributed by atoms with Crippen LogP contribution in [0.15, 0.2) is 22.8 Å². The Bertz CT molecular complexity index is 340. The monoisotopic (exact) mass is 258 g/mol. The van der Waals surface area contributed by atoms with Gasteiger partial charge in [0.25, 0.3) is 0 Å². The molecule has 1 atom stereocenters. The van der Waals surface area contributed by atoms with Crippen LogP contribution in [0.5, 0.6) is 0 Å². The number of furan rings is 1. The maximum atomic E-state index is 11.8. The van der Waals surface area contributed by atoms with Gasteiger partial charge in [-0.15, -0.1) is 12.4 Å². The van der Waals surface area contributed by atoms with Crippen molar-refractivity contribution in [2.75, 3.05) is 26.2 Å². The van der Waals surface area contributed by atoms with Crippen molar-refractivity contribution >= 4 is 18.2 Å². The fourth-order valence-corrected chi connectivity index (χ4v) is 2.21. The summed E-state index contributed by atoms with van der Waals surface area (Å²) < 4.78 is 5.09. The van der Waals surface area contributed by atoms with E-state index >= 15 is 0 Å². The summed E-state index contributed by atoms with van der Waals surface area (Å²) in [6.07, 6.45) is 3.85. The number of hydrogen-bond acceptors (Lipinski definition) is 4. The van der Waals surface area contributed by atoms with Crippen molar-refractivity contribution < 1.29 is 9.21 Å². The van der Waals surface area contributed by atoms with Crippen molar-refractivity contribution in [3.63, 3.8) is 0 Å². The number of Topliss-reactive ketones (excluding diaryl/α,β-unsaturated/α-hetero) is 1. The van der Waals surface area contributed by atoms with E-state index in [9.17, 15) is 4.79 Å². The Balaban J connectivity index is 0.00000144. The Labute approximate surface area is 108 Å². The molecule has 96 valence electrons. The number of carbonyl (C=O) groups excluding carboxylic acids is 1. The van der Waals surface area contributed by atoms with Gasteiger partial charge in [-0.05, 0) is 44.0 Å². The quantitative estimate of drug-likeness (QED) is 0.833. The van der Waals surface area contributed by atoms with E-state index in [-0.39, 0.29) is 18.2 Å². The molecule has 0 aliphatic carbocycles. The molecule has 0 amide bonds. The first-order valence-electron chi connectivity index (χ1n) is 5.78. The van der Waals surface area contributed by atoms with Crippen molar-refractivity contribution in [3.05, 3.63) is 24.2 Å². The van der Waals surface area contributed by atoms with Crippen LogP contribution >= 0.6 is 12.4 Å². The van der Waals surface area contributed by atoms with Crippen molar-refractivity contribution in [3.8, 4) is 0 Å². The van der Waals surface area contributed by atoms with Gasteiger partial charge in [-0.3, -0.25) is 9.69 Å². The molecule has 1 aromatic rings. The number of nitrogens with zero attached hydrogens (tertiary/aromatic N) is 1. The SMILES string of the molecule is Cl.NCC1CCCN(CC(=O)c2ccco2)C1. The fraction of sp³-hybridized carbons (Fsp3) is 0.583. The van der Waals surface area contributed by atoms with E-state index in [4.69, 9.17) is 10.2 Å². The van der Waals surface area contributed by atoms with E-state index in [0.717, 1.165) is 19.5 Å². The summed E-state index contributed by atoms with van der Waals surface area (Å²) in [5.41, 5.74) is 5.66. The summed E-state index contributed by atoms with van der Waals surface area (Å²) in [4.78, 5) is 14.0. The lowest BCUT2D eigenvalue weighted by Gasteiger charge is -2.31. The van der Waals surface area contributed by atoms with Crippen molar-refractivity contribution in [2.45, 2.75) is 12.8 Å². The minimum absolute atomic E-state index is 0. The van der Waals surface area contributed by atoms with Crippen LogP contribution in [-0.4, -0.2) is 36.9 Å². The summed E-state index contributed by atoms with van der Waals surface area (Å²) in [5.74, 6) is 1.05. The molecule has 1 fully saturated rings. The van der Waals surface area contributed by atoms with Gasteiger partial charge >= 0.3 is 0 Å². The number of ketones is 1. The molecule has 1 aliphatic heterocycles. The third kappa shape index (κ3) is 3.84. The number of likely N-dealkylation sites (tertiary alicyclic amines) is 1. The number of rotatable bonds is 4. The van der Waals surface area contributed by atoms with Gasteiger partial charge < -0.3 is 10.2 Å². The molecule has 2 N–H and O–H groups in total. The van der Waals surface area contributed by atoms with Crippen molar-refractivity contribution in [2.24, 2.45) is 11.7 Å². The van der Waals surface area contributed by atoms with Gasteiger partial charge in [0, 0.05) is 6.54 Å². The van der Waals surface area contributed by atoms with Crippen LogP contribution < -0.4 is 5.73 Å². The molecule has 17 heavy (non-hydrogen) atoms. The summed E-state index contributed by atoms with van der Waals surface area (Å²) in [7, 11) is 0. The average molecular weight is 259 g/mol. The molecule has 1 aliphatic rings. The predicted molar refractivity (Wildman–Crippen MR) is 68.5 cm³/mol. The highest BCUT2D eigenvalue weighted by molar-refractivity contribution is 5.94. The standard InChI is InChI=1S/C12H18N2O2.ClH/c13-7-10-3-1-5-14(8-10)9-11(15)12-4-2-6-16-12;/h2,4,6,10H,1,3,5,7-9,13H2;1H. The Kier molecular flexibility index (Phi) is 5.68. The van der Waals surface area contributed by atoms with Gasteiger partial charge in [0.05, 0.1) is 12.8 Å². The highest BCUT2D eigenvalue weighted by Gasteiger charge is 2.21. The maximum Gasteiger partial charge on any atom is 0.211 e. The molecule has 0 bridgehead atoms. The topological polar surface area (TPSA) is 59.5 Å². The molecule has 2 heterocycles. The third-order valence-corrected chi connectivity index (χ3v) is 3.10.